The van der Waals surface area contributed by atoms with E-state index < -0.39 is 5.60 Å². The van der Waals surface area contributed by atoms with Crippen molar-refractivity contribution in [2.75, 3.05) is 0 Å². The summed E-state index contributed by atoms with van der Waals surface area (Å²) in [6.45, 7) is 13.3. The topological polar surface area (TPSA) is 54.4 Å². The van der Waals surface area contributed by atoms with Crippen LogP contribution in [-0.4, -0.2) is 22.3 Å². The van der Waals surface area contributed by atoms with Gasteiger partial charge < -0.3 is 5.11 Å². The second-order valence-electron chi connectivity index (χ2n) is 7.76. The molecule has 1 N–H and O–H groups in total. The van der Waals surface area contributed by atoms with Crippen LogP contribution in [0.3, 0.4) is 0 Å². The number of Topliss-reactive ketones (excluding diaryl/α,β-unsaturated/α-hetero) is 1. The molecule has 1 aliphatic rings. The maximum atomic E-state index is 12.4. The van der Waals surface area contributed by atoms with Crippen LogP contribution in [0.15, 0.2) is 23.3 Å². The van der Waals surface area contributed by atoms with Crippen LogP contribution in [0.25, 0.3) is 0 Å². The van der Waals surface area contributed by atoms with Crippen molar-refractivity contribution in [1.82, 2.24) is 0 Å². The molecule has 1 aliphatic carbocycles. The van der Waals surface area contributed by atoms with Crippen molar-refractivity contribution in [1.29, 1.82) is 0 Å². The number of hydrogen-bond donors (Lipinski definition) is 1. The van der Waals surface area contributed by atoms with Crippen LogP contribution in [0.2, 0.25) is 0 Å². The van der Waals surface area contributed by atoms with Crippen molar-refractivity contribution in [3.63, 3.8) is 0 Å². The Morgan fingerprint density at radius 1 is 1.10 bits per heavy atom. The highest BCUT2D eigenvalue weighted by molar-refractivity contribution is 6.04. The van der Waals surface area contributed by atoms with E-state index >= 15 is 0 Å². The first kappa shape index (κ1) is 16.8. The predicted octanol–water partition coefficient (Wildman–Crippen LogP) is 3.22. The van der Waals surface area contributed by atoms with Gasteiger partial charge in [0.15, 0.2) is 11.4 Å². The quantitative estimate of drug-likeness (QED) is 0.843. The van der Waals surface area contributed by atoms with Crippen LogP contribution in [-0.2, 0) is 9.59 Å². The lowest BCUT2D eigenvalue weighted by molar-refractivity contribution is -0.136. The van der Waals surface area contributed by atoms with E-state index in [2.05, 4.69) is 0 Å². The second-order valence-corrected chi connectivity index (χ2v) is 7.76. The Morgan fingerprint density at radius 3 is 1.95 bits per heavy atom. The molecule has 112 valence electrons. The Morgan fingerprint density at radius 2 is 1.60 bits per heavy atom. The number of aliphatic hydroxyl groups is 1. The van der Waals surface area contributed by atoms with Gasteiger partial charge in [0.05, 0.1) is 0 Å². The molecule has 0 saturated heterocycles. The molecule has 0 bridgehead atoms. The number of ketones is 2. The number of carbonyl (C=O) groups excluding carboxylic acids is 2. The average Bonchev–Trinajstić information content (AvgIpc) is 2.17. The summed E-state index contributed by atoms with van der Waals surface area (Å²) in [5.74, 6) is -0.575. The first-order valence-corrected chi connectivity index (χ1v) is 6.99. The number of allylic oxidation sites excluding steroid dienone is 2. The molecule has 0 saturated carbocycles. The number of rotatable bonds is 2. The van der Waals surface area contributed by atoms with Crippen LogP contribution in [0.1, 0.15) is 54.9 Å². The fraction of sp³-hybridized carbons (Fsp3) is 0.647. The fourth-order valence-corrected chi connectivity index (χ4v) is 2.52. The molecule has 1 unspecified atom stereocenters. The summed E-state index contributed by atoms with van der Waals surface area (Å²) >= 11 is 0. The number of carbonyl (C=O) groups is 2. The molecular formula is C17H26O3. The summed E-state index contributed by atoms with van der Waals surface area (Å²) in [5.41, 5.74) is -0.744. The summed E-state index contributed by atoms with van der Waals surface area (Å²) in [6, 6.07) is 0. The van der Waals surface area contributed by atoms with Crippen molar-refractivity contribution < 1.29 is 14.7 Å². The molecule has 0 radical (unpaired) electrons. The lowest BCUT2D eigenvalue weighted by Crippen LogP contribution is -2.47. The van der Waals surface area contributed by atoms with Gasteiger partial charge in [0.2, 0.25) is 0 Å². The zero-order valence-corrected chi connectivity index (χ0v) is 13.6. The predicted molar refractivity (Wildman–Crippen MR) is 80.3 cm³/mol. The molecule has 3 nitrogen and oxygen atoms in total. The Labute approximate surface area is 121 Å². The van der Waals surface area contributed by atoms with Gasteiger partial charge in [0, 0.05) is 6.42 Å². The van der Waals surface area contributed by atoms with Crippen LogP contribution in [0, 0.1) is 10.8 Å². The lowest BCUT2D eigenvalue weighted by Gasteiger charge is -2.40. The van der Waals surface area contributed by atoms with Crippen LogP contribution in [0.5, 0.6) is 0 Å². The van der Waals surface area contributed by atoms with Gasteiger partial charge >= 0.3 is 0 Å². The molecule has 3 heteroatoms. The van der Waals surface area contributed by atoms with Crippen molar-refractivity contribution in [3.05, 3.63) is 23.3 Å². The van der Waals surface area contributed by atoms with E-state index in [0.717, 1.165) is 5.57 Å². The highest BCUT2D eigenvalue weighted by atomic mass is 16.3. The number of hydrogen-bond acceptors (Lipinski definition) is 3. The summed E-state index contributed by atoms with van der Waals surface area (Å²) in [7, 11) is 0. The standard InChI is InChI=1S/C17H26O3/c1-11(18)10-17(20)13(16(5,6)7)8-12(9-14(17)19)15(2,3)4/h8-9,20H,10H2,1-7H3. The minimum atomic E-state index is -1.70. The Hall–Kier alpha value is -1.22. The van der Waals surface area contributed by atoms with Gasteiger partial charge in [-0.1, -0.05) is 47.6 Å². The highest BCUT2D eigenvalue weighted by Gasteiger charge is 2.46. The van der Waals surface area contributed by atoms with Crippen LogP contribution < -0.4 is 0 Å². The maximum Gasteiger partial charge on any atom is 0.192 e. The SMILES string of the molecule is CC(=O)CC1(O)C(=O)C=C(C(C)(C)C)C=C1C(C)(C)C. The Kier molecular flexibility index (Phi) is 4.17. The minimum absolute atomic E-state index is 0.164. The van der Waals surface area contributed by atoms with Gasteiger partial charge in [-0.15, -0.1) is 0 Å². The van der Waals surface area contributed by atoms with Gasteiger partial charge in [-0.2, -0.15) is 0 Å². The smallest absolute Gasteiger partial charge is 0.192 e. The van der Waals surface area contributed by atoms with Crippen LogP contribution in [0.4, 0.5) is 0 Å². The summed E-state index contributed by atoms with van der Waals surface area (Å²) in [5, 5.41) is 10.8. The van der Waals surface area contributed by atoms with Crippen molar-refractivity contribution >= 4 is 11.6 Å². The molecule has 0 fully saturated rings. The first-order valence-electron chi connectivity index (χ1n) is 6.99. The minimum Gasteiger partial charge on any atom is -0.377 e. The van der Waals surface area contributed by atoms with Crippen LogP contribution >= 0.6 is 0 Å². The third kappa shape index (κ3) is 3.26. The normalized spacial score (nSPS) is 24.3. The third-order valence-corrected chi connectivity index (χ3v) is 3.62. The van der Waals surface area contributed by atoms with E-state index in [1.54, 1.807) is 0 Å². The van der Waals surface area contributed by atoms with E-state index in [1.165, 1.54) is 13.0 Å². The lowest BCUT2D eigenvalue weighted by atomic mass is 9.66. The fourth-order valence-electron chi connectivity index (χ4n) is 2.52. The van der Waals surface area contributed by atoms with Crippen molar-refractivity contribution in [3.8, 4) is 0 Å². The zero-order valence-electron chi connectivity index (χ0n) is 13.6. The van der Waals surface area contributed by atoms with E-state index in [0.29, 0.717) is 5.57 Å². The summed E-state index contributed by atoms with van der Waals surface area (Å²) in [4.78, 5) is 23.9. The van der Waals surface area contributed by atoms with Gasteiger partial charge in [0.25, 0.3) is 0 Å². The molecule has 0 aromatic rings. The zero-order chi connectivity index (χ0) is 15.9. The van der Waals surface area contributed by atoms with Crippen molar-refractivity contribution in [2.24, 2.45) is 10.8 Å². The first-order chi connectivity index (χ1) is 8.78. The Bertz CT molecular complexity index is 495. The molecule has 1 atom stereocenters. The van der Waals surface area contributed by atoms with Gasteiger partial charge in [-0.05, 0) is 35.0 Å². The Balaban J connectivity index is 3.46. The molecule has 20 heavy (non-hydrogen) atoms. The second kappa shape index (κ2) is 4.96. The summed E-state index contributed by atoms with van der Waals surface area (Å²) < 4.78 is 0. The van der Waals surface area contributed by atoms with E-state index in [9.17, 15) is 14.7 Å². The molecule has 0 heterocycles. The molecule has 0 aromatic heterocycles. The average molecular weight is 278 g/mol. The van der Waals surface area contributed by atoms with Gasteiger partial charge in [-0.25, -0.2) is 0 Å². The largest absolute Gasteiger partial charge is 0.377 e. The van der Waals surface area contributed by atoms with E-state index in [-0.39, 0.29) is 28.8 Å². The molecule has 0 aliphatic heterocycles. The van der Waals surface area contributed by atoms with Crippen molar-refractivity contribution in [2.45, 2.75) is 60.5 Å². The molecule has 0 aromatic carbocycles. The molecular weight excluding hydrogens is 252 g/mol. The van der Waals surface area contributed by atoms with E-state index in [4.69, 9.17) is 0 Å². The molecule has 0 amide bonds. The summed E-state index contributed by atoms with van der Waals surface area (Å²) in [6.07, 6.45) is 3.21. The molecule has 1 rings (SSSR count). The van der Waals surface area contributed by atoms with E-state index in [1.807, 2.05) is 47.6 Å². The van der Waals surface area contributed by atoms with Gasteiger partial charge in [0.1, 0.15) is 5.78 Å². The van der Waals surface area contributed by atoms with Gasteiger partial charge in [-0.3, -0.25) is 9.59 Å². The third-order valence-electron chi connectivity index (χ3n) is 3.62. The monoisotopic (exact) mass is 278 g/mol. The maximum absolute atomic E-state index is 12.4. The molecule has 0 spiro atoms. The highest BCUT2D eigenvalue weighted by Crippen LogP contribution is 2.43.